The van der Waals surface area contributed by atoms with E-state index in [1.807, 2.05) is 0 Å². The first-order chi connectivity index (χ1) is 25.4. The highest BCUT2D eigenvalue weighted by atomic mass is 16.6. The van der Waals surface area contributed by atoms with Crippen molar-refractivity contribution in [2.75, 3.05) is 26.4 Å². The molecule has 2 atom stereocenters. The highest BCUT2D eigenvalue weighted by Crippen LogP contribution is 2.26. The van der Waals surface area contributed by atoms with Crippen LogP contribution in [0.25, 0.3) is 0 Å². The Morgan fingerprint density at radius 1 is 0.528 bits per heavy atom. The van der Waals surface area contributed by atoms with E-state index in [0.717, 1.165) is 24.3 Å². The van der Waals surface area contributed by atoms with Crippen LogP contribution < -0.4 is 18.9 Å². The molecule has 0 aliphatic heterocycles. The smallest absolute Gasteiger partial charge is 0.343 e. The lowest BCUT2D eigenvalue weighted by atomic mass is 10.2. The number of hydrogen-bond donors (Lipinski definition) is 0. The lowest BCUT2D eigenvalue weighted by Gasteiger charge is -2.17. The van der Waals surface area contributed by atoms with Gasteiger partial charge in [0.15, 0.2) is 12.2 Å². The summed E-state index contributed by atoms with van der Waals surface area (Å²) in [7, 11) is 0. The summed E-state index contributed by atoms with van der Waals surface area (Å²) in [6.07, 6.45) is 2.02. The van der Waals surface area contributed by atoms with Gasteiger partial charge >= 0.3 is 35.8 Å². The third-order valence-corrected chi connectivity index (χ3v) is 6.67. The summed E-state index contributed by atoms with van der Waals surface area (Å²) in [5, 5.41) is 0. The van der Waals surface area contributed by atoms with E-state index in [0.29, 0.717) is 17.1 Å². The molecule has 0 aliphatic carbocycles. The zero-order valence-electron chi connectivity index (χ0n) is 28.7. The molecule has 3 aromatic carbocycles. The van der Waals surface area contributed by atoms with E-state index in [9.17, 15) is 28.8 Å². The van der Waals surface area contributed by atoms with E-state index >= 15 is 0 Å². The van der Waals surface area contributed by atoms with Gasteiger partial charge in [0.1, 0.15) is 49.4 Å². The standard InChI is InChI=1S/C39H36O14/c1-6-34(40)48-23-31(50-36(42)8-3)21-46-28-14-10-26(11-15-28)38(44)52-30-18-19-33(25(5)20-30)53-39(45)27-12-16-29(17-13-27)47-22-32(51-37(43)9-4)24-49-35(41)7-2/h6-20,31-32H,1-4,21-24H2,5H3. The molecule has 0 aliphatic rings. The molecular weight excluding hydrogens is 692 g/mol. The van der Waals surface area contributed by atoms with Crippen molar-refractivity contribution in [1.29, 1.82) is 0 Å². The van der Waals surface area contributed by atoms with Crippen LogP contribution in [-0.4, -0.2) is 74.5 Å². The predicted molar refractivity (Wildman–Crippen MR) is 187 cm³/mol. The van der Waals surface area contributed by atoms with Crippen molar-refractivity contribution in [3.63, 3.8) is 0 Å². The van der Waals surface area contributed by atoms with Gasteiger partial charge in [-0.2, -0.15) is 0 Å². The maximum Gasteiger partial charge on any atom is 0.343 e. The number of ether oxygens (including phenoxy) is 8. The Morgan fingerprint density at radius 3 is 1.32 bits per heavy atom. The van der Waals surface area contributed by atoms with Crippen molar-refractivity contribution in [2.24, 2.45) is 0 Å². The van der Waals surface area contributed by atoms with E-state index in [4.69, 9.17) is 37.9 Å². The largest absolute Gasteiger partial charge is 0.490 e. The monoisotopic (exact) mass is 728 g/mol. The fourth-order valence-corrected chi connectivity index (χ4v) is 4.00. The maximum atomic E-state index is 12.8. The molecule has 0 saturated heterocycles. The van der Waals surface area contributed by atoms with E-state index < -0.39 is 48.0 Å². The second-order valence-electron chi connectivity index (χ2n) is 10.6. The van der Waals surface area contributed by atoms with Crippen molar-refractivity contribution in [3.05, 3.63) is 134 Å². The molecule has 0 fully saturated rings. The first-order valence-electron chi connectivity index (χ1n) is 15.7. The van der Waals surface area contributed by atoms with E-state index in [1.165, 1.54) is 66.7 Å². The summed E-state index contributed by atoms with van der Waals surface area (Å²) in [6.45, 7) is 14.1. The first-order valence-corrected chi connectivity index (χ1v) is 15.7. The number of carbonyl (C=O) groups is 6. The number of hydrogen-bond acceptors (Lipinski definition) is 14. The van der Waals surface area contributed by atoms with Crippen molar-refractivity contribution in [1.82, 2.24) is 0 Å². The van der Waals surface area contributed by atoms with Crippen LogP contribution in [0.5, 0.6) is 23.0 Å². The van der Waals surface area contributed by atoms with Gasteiger partial charge in [-0.3, -0.25) is 0 Å². The zero-order valence-corrected chi connectivity index (χ0v) is 28.7. The molecule has 14 nitrogen and oxygen atoms in total. The van der Waals surface area contributed by atoms with Gasteiger partial charge in [-0.15, -0.1) is 0 Å². The van der Waals surface area contributed by atoms with Gasteiger partial charge in [0.2, 0.25) is 0 Å². The molecule has 276 valence electrons. The van der Waals surface area contributed by atoms with Crippen LogP contribution in [0.3, 0.4) is 0 Å². The minimum Gasteiger partial charge on any atom is -0.490 e. The van der Waals surface area contributed by atoms with Gasteiger partial charge in [-0.25, -0.2) is 28.8 Å². The summed E-state index contributed by atoms with van der Waals surface area (Å²) in [5.41, 5.74) is 0.922. The Balaban J connectivity index is 1.53. The van der Waals surface area contributed by atoms with Crippen LogP contribution in [0.1, 0.15) is 26.3 Å². The second kappa shape index (κ2) is 20.7. The minimum absolute atomic E-state index is 0.154. The fraction of sp³-hybridized carbons (Fsp3) is 0.179. The molecule has 3 rings (SSSR count). The van der Waals surface area contributed by atoms with E-state index in [-0.39, 0.29) is 49.1 Å². The van der Waals surface area contributed by atoms with E-state index in [1.54, 1.807) is 6.92 Å². The Morgan fingerprint density at radius 2 is 0.925 bits per heavy atom. The van der Waals surface area contributed by atoms with Gasteiger partial charge in [0, 0.05) is 24.3 Å². The normalized spacial score (nSPS) is 11.3. The summed E-state index contributed by atoms with van der Waals surface area (Å²) in [6, 6.07) is 16.4. The molecule has 0 spiro atoms. The van der Waals surface area contributed by atoms with Crippen LogP contribution in [-0.2, 0) is 38.1 Å². The molecule has 53 heavy (non-hydrogen) atoms. The molecule has 0 heterocycles. The molecule has 0 bridgehead atoms. The summed E-state index contributed by atoms with van der Waals surface area (Å²) < 4.78 is 42.4. The van der Waals surface area contributed by atoms with Gasteiger partial charge in [-0.1, -0.05) is 26.3 Å². The number of benzene rings is 3. The molecule has 0 amide bonds. The van der Waals surface area contributed by atoms with Crippen LogP contribution in [0, 0.1) is 6.92 Å². The second-order valence-corrected chi connectivity index (χ2v) is 10.6. The van der Waals surface area contributed by atoms with Crippen LogP contribution in [0.15, 0.2) is 117 Å². The Kier molecular flexibility index (Phi) is 15.8. The zero-order chi connectivity index (χ0) is 38.8. The average Bonchev–Trinajstić information content (AvgIpc) is 3.17. The van der Waals surface area contributed by atoms with Crippen molar-refractivity contribution in [2.45, 2.75) is 19.1 Å². The SMILES string of the molecule is C=CC(=O)OCC(COc1ccc(C(=O)Oc2ccc(OC(=O)c3ccc(OCC(COC(=O)C=C)OC(=O)C=C)cc3)c(C)c2)cc1)OC(=O)C=C. The first kappa shape index (κ1) is 40.5. The van der Waals surface area contributed by atoms with Crippen LogP contribution in [0.2, 0.25) is 0 Å². The fourth-order valence-electron chi connectivity index (χ4n) is 4.00. The topological polar surface area (TPSA) is 176 Å². The number of rotatable bonds is 20. The number of carbonyl (C=O) groups excluding carboxylic acids is 6. The summed E-state index contributed by atoms with van der Waals surface area (Å²) in [4.78, 5) is 71.6. The molecule has 3 aromatic rings. The molecule has 0 N–H and O–H groups in total. The van der Waals surface area contributed by atoms with Gasteiger partial charge in [0.25, 0.3) is 0 Å². The predicted octanol–water partition coefficient (Wildman–Crippen LogP) is 4.85. The molecule has 0 aromatic heterocycles. The number of esters is 6. The Labute approximate surface area is 304 Å². The third kappa shape index (κ3) is 13.7. The van der Waals surface area contributed by atoms with Crippen molar-refractivity contribution >= 4 is 35.8 Å². The van der Waals surface area contributed by atoms with Crippen molar-refractivity contribution in [3.8, 4) is 23.0 Å². The number of aryl methyl sites for hydroxylation is 1. The van der Waals surface area contributed by atoms with Gasteiger partial charge in [0.05, 0.1) is 11.1 Å². The highest BCUT2D eigenvalue weighted by molar-refractivity contribution is 5.92. The Hall–Kier alpha value is -6.96. The highest BCUT2D eigenvalue weighted by Gasteiger charge is 2.19. The summed E-state index contributed by atoms with van der Waals surface area (Å²) in [5.74, 6) is -3.06. The van der Waals surface area contributed by atoms with E-state index in [2.05, 4.69) is 26.3 Å². The van der Waals surface area contributed by atoms with Crippen molar-refractivity contribution < 1.29 is 66.7 Å². The molecule has 0 saturated carbocycles. The maximum absolute atomic E-state index is 12.8. The third-order valence-electron chi connectivity index (χ3n) is 6.67. The molecule has 14 heteroatoms. The van der Waals surface area contributed by atoms with Crippen LogP contribution in [0.4, 0.5) is 0 Å². The molecular formula is C39H36O14. The van der Waals surface area contributed by atoms with Gasteiger partial charge < -0.3 is 37.9 Å². The quantitative estimate of drug-likeness (QED) is 0.0668. The summed E-state index contributed by atoms with van der Waals surface area (Å²) >= 11 is 0. The molecule has 0 radical (unpaired) electrons. The Bertz CT molecular complexity index is 1830. The van der Waals surface area contributed by atoms with Gasteiger partial charge in [-0.05, 0) is 79.2 Å². The average molecular weight is 729 g/mol. The lowest BCUT2D eigenvalue weighted by Crippen LogP contribution is -2.30. The lowest BCUT2D eigenvalue weighted by molar-refractivity contribution is -0.154. The van der Waals surface area contributed by atoms with Crippen LogP contribution >= 0.6 is 0 Å². The minimum atomic E-state index is -0.925. The molecule has 2 unspecified atom stereocenters.